The second-order valence-corrected chi connectivity index (χ2v) is 4.93. The lowest BCUT2D eigenvalue weighted by atomic mass is 10.1. The molecule has 1 aromatic heterocycles. The smallest absolute Gasteiger partial charge is 0.0539 e. The number of nitrogens with zero attached hydrogens (tertiary/aromatic N) is 2. The Morgan fingerprint density at radius 3 is 2.95 bits per heavy atom. The van der Waals surface area contributed by atoms with Crippen molar-refractivity contribution in [2.75, 3.05) is 11.2 Å². The van der Waals surface area contributed by atoms with Crippen molar-refractivity contribution in [1.29, 1.82) is 0 Å². The molecular weight excluding hydrogens is 258 g/mol. The van der Waals surface area contributed by atoms with Gasteiger partial charge in [-0.05, 0) is 37.5 Å². The summed E-state index contributed by atoms with van der Waals surface area (Å²) in [6.07, 6.45) is 6.04. The average Bonchev–Trinajstić information content (AvgIpc) is 2.91. The van der Waals surface area contributed by atoms with Gasteiger partial charge in [-0.2, -0.15) is 5.10 Å². The standard InChI is InChI=1S/C15H20ClN3/c1-2-19-12-14(11-18-19)10-17-15-7-3-5-13(9-15)6-4-8-16/h3,5,7,9,11-12,17H,2,4,6,8,10H2,1H3. The molecule has 0 amide bonds. The van der Waals surface area contributed by atoms with E-state index in [1.165, 1.54) is 11.1 Å². The van der Waals surface area contributed by atoms with Crippen LogP contribution in [-0.2, 0) is 19.5 Å². The highest BCUT2D eigenvalue weighted by Gasteiger charge is 1.99. The van der Waals surface area contributed by atoms with Gasteiger partial charge in [0.05, 0.1) is 6.20 Å². The summed E-state index contributed by atoms with van der Waals surface area (Å²) in [4.78, 5) is 0. The van der Waals surface area contributed by atoms with E-state index in [1.54, 1.807) is 0 Å². The number of anilines is 1. The van der Waals surface area contributed by atoms with E-state index in [2.05, 4.69) is 47.8 Å². The number of hydrogen-bond donors (Lipinski definition) is 1. The second-order valence-electron chi connectivity index (χ2n) is 4.55. The molecule has 1 aromatic carbocycles. The molecule has 102 valence electrons. The first-order chi connectivity index (χ1) is 9.31. The van der Waals surface area contributed by atoms with E-state index in [0.717, 1.165) is 31.6 Å². The fourth-order valence-corrected chi connectivity index (χ4v) is 2.12. The van der Waals surface area contributed by atoms with Gasteiger partial charge in [-0.25, -0.2) is 0 Å². The SMILES string of the molecule is CCn1cc(CNc2cccc(CCCCl)c2)cn1. The summed E-state index contributed by atoms with van der Waals surface area (Å²) in [5.74, 6) is 0.716. The number of aromatic nitrogens is 2. The molecule has 0 fully saturated rings. The van der Waals surface area contributed by atoms with Crippen LogP contribution in [0.3, 0.4) is 0 Å². The van der Waals surface area contributed by atoms with Gasteiger partial charge in [-0.15, -0.1) is 11.6 Å². The summed E-state index contributed by atoms with van der Waals surface area (Å²) >= 11 is 5.72. The first-order valence-electron chi connectivity index (χ1n) is 6.72. The van der Waals surface area contributed by atoms with Crippen LogP contribution in [0.4, 0.5) is 5.69 Å². The third-order valence-electron chi connectivity index (χ3n) is 3.03. The zero-order valence-corrected chi connectivity index (χ0v) is 12.0. The van der Waals surface area contributed by atoms with Gasteiger partial charge >= 0.3 is 0 Å². The molecular formula is C15H20ClN3. The number of rotatable bonds is 7. The first kappa shape index (κ1) is 13.9. The molecule has 0 aliphatic carbocycles. The van der Waals surface area contributed by atoms with Crippen LogP contribution in [0.5, 0.6) is 0 Å². The van der Waals surface area contributed by atoms with Crippen LogP contribution in [0, 0.1) is 0 Å². The molecule has 0 atom stereocenters. The second kappa shape index (κ2) is 7.19. The van der Waals surface area contributed by atoms with E-state index in [1.807, 2.05) is 10.9 Å². The molecule has 0 aliphatic rings. The monoisotopic (exact) mass is 277 g/mol. The number of alkyl halides is 1. The molecule has 2 rings (SSSR count). The molecule has 2 aromatic rings. The van der Waals surface area contributed by atoms with Crippen molar-refractivity contribution < 1.29 is 0 Å². The van der Waals surface area contributed by atoms with Crippen LogP contribution in [-0.4, -0.2) is 15.7 Å². The zero-order chi connectivity index (χ0) is 13.5. The summed E-state index contributed by atoms with van der Waals surface area (Å²) in [5.41, 5.74) is 3.68. The van der Waals surface area contributed by atoms with Crippen LogP contribution in [0.25, 0.3) is 0 Å². The summed E-state index contributed by atoms with van der Waals surface area (Å²) in [6, 6.07) is 8.51. The molecule has 3 nitrogen and oxygen atoms in total. The number of halogens is 1. The highest BCUT2D eigenvalue weighted by Crippen LogP contribution is 2.13. The molecule has 4 heteroatoms. The maximum atomic E-state index is 5.72. The summed E-state index contributed by atoms with van der Waals surface area (Å²) in [5, 5.41) is 7.70. The lowest BCUT2D eigenvalue weighted by molar-refractivity contribution is 0.659. The van der Waals surface area contributed by atoms with Crippen molar-refractivity contribution in [2.24, 2.45) is 0 Å². The summed E-state index contributed by atoms with van der Waals surface area (Å²) in [6.45, 7) is 3.80. The maximum absolute atomic E-state index is 5.72. The highest BCUT2D eigenvalue weighted by molar-refractivity contribution is 6.17. The van der Waals surface area contributed by atoms with E-state index in [-0.39, 0.29) is 0 Å². The number of hydrogen-bond acceptors (Lipinski definition) is 2. The fraction of sp³-hybridized carbons (Fsp3) is 0.400. The molecule has 1 N–H and O–H groups in total. The molecule has 0 radical (unpaired) electrons. The van der Waals surface area contributed by atoms with Crippen molar-refractivity contribution in [1.82, 2.24) is 9.78 Å². The Morgan fingerprint density at radius 2 is 2.21 bits per heavy atom. The Kier molecular flexibility index (Phi) is 5.28. The minimum atomic E-state index is 0.716. The fourth-order valence-electron chi connectivity index (χ4n) is 1.98. The Labute approximate surface area is 119 Å². The van der Waals surface area contributed by atoms with Crippen LogP contribution in [0.2, 0.25) is 0 Å². The molecule has 0 saturated carbocycles. The van der Waals surface area contributed by atoms with Gasteiger partial charge in [0.1, 0.15) is 0 Å². The Bertz CT molecular complexity index is 508. The van der Waals surface area contributed by atoms with Crippen LogP contribution >= 0.6 is 11.6 Å². The lowest BCUT2D eigenvalue weighted by Crippen LogP contribution is -1.99. The average molecular weight is 278 g/mol. The van der Waals surface area contributed by atoms with E-state index in [0.29, 0.717) is 5.88 Å². The Morgan fingerprint density at radius 1 is 1.32 bits per heavy atom. The predicted octanol–water partition coefficient (Wildman–Crippen LogP) is 3.69. The molecule has 0 aliphatic heterocycles. The number of benzene rings is 1. The molecule has 0 bridgehead atoms. The van der Waals surface area contributed by atoms with Gasteiger partial charge in [0.15, 0.2) is 0 Å². The van der Waals surface area contributed by atoms with Gasteiger partial charge in [0, 0.05) is 36.4 Å². The Balaban J connectivity index is 1.91. The number of nitrogens with one attached hydrogen (secondary N) is 1. The van der Waals surface area contributed by atoms with Crippen molar-refractivity contribution in [3.63, 3.8) is 0 Å². The minimum absolute atomic E-state index is 0.716. The topological polar surface area (TPSA) is 29.9 Å². The third-order valence-corrected chi connectivity index (χ3v) is 3.30. The molecule has 19 heavy (non-hydrogen) atoms. The molecule has 0 saturated heterocycles. The summed E-state index contributed by atoms with van der Waals surface area (Å²) < 4.78 is 1.94. The van der Waals surface area contributed by atoms with E-state index in [9.17, 15) is 0 Å². The highest BCUT2D eigenvalue weighted by atomic mass is 35.5. The van der Waals surface area contributed by atoms with E-state index in [4.69, 9.17) is 11.6 Å². The minimum Gasteiger partial charge on any atom is -0.381 e. The van der Waals surface area contributed by atoms with Crippen LogP contribution in [0.15, 0.2) is 36.7 Å². The van der Waals surface area contributed by atoms with Crippen molar-refractivity contribution >= 4 is 17.3 Å². The van der Waals surface area contributed by atoms with Crippen molar-refractivity contribution in [2.45, 2.75) is 32.9 Å². The van der Waals surface area contributed by atoms with Gasteiger partial charge in [-0.1, -0.05) is 12.1 Å². The first-order valence-corrected chi connectivity index (χ1v) is 7.25. The third kappa shape index (κ3) is 4.28. The van der Waals surface area contributed by atoms with Crippen molar-refractivity contribution in [3.8, 4) is 0 Å². The van der Waals surface area contributed by atoms with Crippen LogP contribution in [0.1, 0.15) is 24.5 Å². The maximum Gasteiger partial charge on any atom is 0.0539 e. The quantitative estimate of drug-likeness (QED) is 0.783. The molecule has 0 unspecified atom stereocenters. The van der Waals surface area contributed by atoms with Gasteiger partial charge in [0.25, 0.3) is 0 Å². The normalized spacial score (nSPS) is 10.6. The van der Waals surface area contributed by atoms with Crippen LogP contribution < -0.4 is 5.32 Å². The summed E-state index contributed by atoms with van der Waals surface area (Å²) in [7, 11) is 0. The number of aryl methyl sites for hydroxylation is 2. The molecule has 0 spiro atoms. The van der Waals surface area contributed by atoms with Gasteiger partial charge in [0.2, 0.25) is 0 Å². The van der Waals surface area contributed by atoms with Gasteiger partial charge < -0.3 is 5.32 Å². The predicted molar refractivity (Wildman–Crippen MR) is 80.7 cm³/mol. The Hall–Kier alpha value is -1.48. The molecule has 1 heterocycles. The largest absolute Gasteiger partial charge is 0.381 e. The van der Waals surface area contributed by atoms with Gasteiger partial charge in [-0.3, -0.25) is 4.68 Å². The van der Waals surface area contributed by atoms with E-state index >= 15 is 0 Å². The lowest BCUT2D eigenvalue weighted by Gasteiger charge is -2.07. The van der Waals surface area contributed by atoms with E-state index < -0.39 is 0 Å². The zero-order valence-electron chi connectivity index (χ0n) is 11.3. The van der Waals surface area contributed by atoms with Crippen molar-refractivity contribution in [3.05, 3.63) is 47.8 Å².